The van der Waals surface area contributed by atoms with E-state index >= 15 is 4.79 Å². The molecule has 10 atom stereocenters. The number of rotatable bonds is 11. The van der Waals surface area contributed by atoms with Gasteiger partial charge in [-0.2, -0.15) is 0 Å². The van der Waals surface area contributed by atoms with Crippen molar-refractivity contribution in [2.24, 2.45) is 29.6 Å². The van der Waals surface area contributed by atoms with E-state index in [0.717, 1.165) is 31.1 Å². The summed E-state index contributed by atoms with van der Waals surface area (Å²) in [5.41, 5.74) is -0.290. The Bertz CT molecular complexity index is 2470. The molecule has 4 saturated carbocycles. The Morgan fingerprint density at radius 1 is 0.969 bits per heavy atom. The number of allylic oxidation sites excluding steroid dienone is 1. The average Bonchev–Trinajstić information content (AvgIpc) is 4.23. The molecule has 0 spiro atoms. The number of amides is 4. The van der Waals surface area contributed by atoms with Gasteiger partial charge in [0.2, 0.25) is 33.6 Å². The summed E-state index contributed by atoms with van der Waals surface area (Å²) < 4.78 is 52.3. The fourth-order valence-electron chi connectivity index (χ4n) is 10.1. The third-order valence-corrected chi connectivity index (χ3v) is 15.9. The number of ether oxygens (including phenoxy) is 4. The maximum atomic E-state index is 15.2. The van der Waals surface area contributed by atoms with Gasteiger partial charge in [-0.1, -0.05) is 26.0 Å². The zero-order valence-corrected chi connectivity index (χ0v) is 38.5. The topological polar surface area (TPSA) is 204 Å². The van der Waals surface area contributed by atoms with Crippen molar-refractivity contribution in [2.75, 3.05) is 13.7 Å². The van der Waals surface area contributed by atoms with Gasteiger partial charge in [0.25, 0.3) is 5.91 Å². The molecular formula is C48H60N6O10S. The molecule has 4 amide bonds. The molecule has 4 heterocycles. The van der Waals surface area contributed by atoms with Crippen LogP contribution in [0.5, 0.6) is 17.5 Å². The Morgan fingerprint density at radius 2 is 1.75 bits per heavy atom. The van der Waals surface area contributed by atoms with Gasteiger partial charge in [0.05, 0.1) is 30.7 Å². The summed E-state index contributed by atoms with van der Waals surface area (Å²) in [6, 6.07) is 8.83. The van der Waals surface area contributed by atoms with Gasteiger partial charge >= 0.3 is 6.09 Å². The predicted octanol–water partition coefficient (Wildman–Crippen LogP) is 5.83. The van der Waals surface area contributed by atoms with Crippen molar-refractivity contribution in [3.63, 3.8) is 0 Å². The van der Waals surface area contributed by atoms with Gasteiger partial charge in [-0.3, -0.25) is 19.1 Å². The number of alkyl carbamates (subject to hydrolysis) is 1. The molecule has 1 aromatic carbocycles. The minimum Gasteiger partial charge on any atom is -0.497 e. The highest BCUT2D eigenvalue weighted by Crippen LogP contribution is 2.52. The second kappa shape index (κ2) is 17.7. The van der Waals surface area contributed by atoms with Gasteiger partial charge in [-0.25, -0.2) is 23.2 Å². The van der Waals surface area contributed by atoms with E-state index in [1.165, 1.54) is 4.90 Å². The number of pyridine rings is 2. The molecule has 6 aliphatic rings. The zero-order valence-electron chi connectivity index (χ0n) is 37.7. The summed E-state index contributed by atoms with van der Waals surface area (Å²) in [5.74, 6) is -0.0477. The van der Waals surface area contributed by atoms with Crippen LogP contribution < -0.4 is 29.6 Å². The minimum atomic E-state index is -3.93. The summed E-state index contributed by atoms with van der Waals surface area (Å²) in [5, 5.41) is 6.65. The number of hydrogen-bond donors (Lipinski definition) is 3. The van der Waals surface area contributed by atoms with Gasteiger partial charge in [0, 0.05) is 35.6 Å². The molecule has 0 radical (unpaired) electrons. The molecule has 16 nitrogen and oxygen atoms in total. The number of sulfonamides is 1. The summed E-state index contributed by atoms with van der Waals surface area (Å²) in [6.45, 7) is 7.82. The van der Waals surface area contributed by atoms with Crippen molar-refractivity contribution in [2.45, 2.75) is 133 Å². The molecule has 5 fully saturated rings. The number of nitrogens with one attached hydrogen (secondary N) is 3. The van der Waals surface area contributed by atoms with E-state index in [1.807, 2.05) is 57.2 Å². The van der Waals surface area contributed by atoms with Gasteiger partial charge in [-0.05, 0) is 131 Å². The second-order valence-electron chi connectivity index (χ2n) is 19.6. The number of benzene rings is 1. The minimum absolute atomic E-state index is 0.00923. The Labute approximate surface area is 380 Å². The number of methoxy groups -OCH3 is 1. The third kappa shape index (κ3) is 9.75. The van der Waals surface area contributed by atoms with Crippen molar-refractivity contribution in [3.8, 4) is 28.8 Å². The predicted molar refractivity (Wildman–Crippen MR) is 240 cm³/mol. The maximum Gasteiger partial charge on any atom is 0.408 e. The quantitative estimate of drug-likeness (QED) is 0.195. The van der Waals surface area contributed by atoms with Gasteiger partial charge in [0.15, 0.2) is 0 Å². The lowest BCUT2D eigenvalue weighted by Gasteiger charge is -2.33. The van der Waals surface area contributed by atoms with Crippen LogP contribution in [0.2, 0.25) is 0 Å². The molecule has 4 aliphatic carbocycles. The number of fused-ring (bicyclic) bond motifs is 4. The first-order valence-electron chi connectivity index (χ1n) is 23.2. The van der Waals surface area contributed by atoms with Crippen LogP contribution in [0.4, 0.5) is 4.79 Å². The first-order chi connectivity index (χ1) is 31.1. The molecule has 3 N–H and O–H groups in total. The average molecular weight is 913 g/mol. The summed E-state index contributed by atoms with van der Waals surface area (Å²) in [7, 11) is -2.35. The lowest BCUT2D eigenvalue weighted by Crippen LogP contribution is -2.59. The lowest BCUT2D eigenvalue weighted by atomic mass is 9.88. The Hall–Kier alpha value is -5.45. The Kier molecular flexibility index (Phi) is 12.2. The molecule has 2 unspecified atom stereocenters. The first-order valence-corrected chi connectivity index (χ1v) is 24.7. The van der Waals surface area contributed by atoms with Crippen LogP contribution in [-0.4, -0.2) is 102 Å². The summed E-state index contributed by atoms with van der Waals surface area (Å²) >= 11 is 0. The van der Waals surface area contributed by atoms with Crippen molar-refractivity contribution in [1.82, 2.24) is 30.2 Å². The van der Waals surface area contributed by atoms with Crippen molar-refractivity contribution in [1.29, 1.82) is 0 Å². The molecule has 9 rings (SSSR count). The molecule has 3 aromatic rings. The van der Waals surface area contributed by atoms with Crippen molar-refractivity contribution in [3.05, 3.63) is 54.7 Å². The Morgan fingerprint density at radius 3 is 2.46 bits per heavy atom. The normalized spacial score (nSPS) is 31.6. The SMILES string of the molecule is COc1ccc2c(O[C@@H]3C[C@H]4C(=O)N[C@]5(C(=O)NS(=O)(=O)C6CC6)CC5/C=C\CC[C@@H](C)C[C@@H](C)[C@H](NC(=O)OC5C[C@@H]6C[C@@H]6C5)C(=O)N4C3)nc(-c3ccc(OC(C)C)nc3)cc2c1. The Balaban J connectivity index is 1.05. The van der Waals surface area contributed by atoms with Crippen molar-refractivity contribution >= 4 is 44.6 Å². The van der Waals surface area contributed by atoms with Crippen LogP contribution in [0, 0.1) is 29.6 Å². The standard InChI is InChI=1S/C48H60N6O10S/c1-26(2)62-41-15-10-29(24-49-41)39-21-32-20-34(61-5)11-14-38(32)44(50-39)63-36-22-40-43(55)52-48(46(57)53-65(59,60)37-12-13-37)23-33(48)9-7-6-8-27(3)16-28(4)42(45(56)54(40)25-36)51-47(58)64-35-18-30-17-31(30)19-35/h7,9-11,14-15,20-21,24,26-28,30-31,33,35-37,40,42H,6,8,12-13,16-19,22-23,25H2,1-5H3,(H,51,58)(H,52,55)(H,53,57)/b9-7-/t27-,28-,30-,31+,33?,35?,36-,40+,42+,48-/m1/s1. The van der Waals surface area contributed by atoms with E-state index in [0.29, 0.717) is 65.8 Å². The van der Waals surface area contributed by atoms with Gasteiger partial charge < -0.3 is 34.5 Å². The third-order valence-electron chi connectivity index (χ3n) is 14.0. The summed E-state index contributed by atoms with van der Waals surface area (Å²) in [4.78, 5) is 68.4. The highest BCUT2D eigenvalue weighted by Gasteiger charge is 2.62. The molecule has 1 saturated heterocycles. The van der Waals surface area contributed by atoms with Crippen molar-refractivity contribution < 1.29 is 46.5 Å². The van der Waals surface area contributed by atoms with Crippen LogP contribution >= 0.6 is 0 Å². The van der Waals surface area contributed by atoms with Crippen LogP contribution in [0.25, 0.3) is 22.0 Å². The molecule has 348 valence electrons. The molecule has 2 aromatic heterocycles. The number of aromatic nitrogens is 2. The first kappa shape index (κ1) is 44.7. The number of carbonyl (C=O) groups is 4. The maximum absolute atomic E-state index is 15.2. The zero-order chi connectivity index (χ0) is 45.8. The molecule has 2 aliphatic heterocycles. The van der Waals surface area contributed by atoms with E-state index in [1.54, 1.807) is 25.4 Å². The number of nitrogens with zero attached hydrogens (tertiary/aromatic N) is 3. The van der Waals surface area contributed by atoms with Crippen LogP contribution in [0.15, 0.2) is 54.7 Å². The molecular weight excluding hydrogens is 853 g/mol. The van der Waals surface area contributed by atoms with Crippen LogP contribution in [-0.2, 0) is 29.1 Å². The van der Waals surface area contributed by atoms with E-state index < -0.39 is 68.7 Å². The van der Waals surface area contributed by atoms with E-state index in [4.69, 9.17) is 23.9 Å². The van der Waals surface area contributed by atoms with Gasteiger partial charge in [-0.15, -0.1) is 0 Å². The fraction of sp³-hybridized carbons (Fsp3) is 0.583. The molecule has 0 bridgehead atoms. The molecule has 65 heavy (non-hydrogen) atoms. The second-order valence-corrected chi connectivity index (χ2v) is 21.5. The van der Waals surface area contributed by atoms with E-state index in [-0.39, 0.29) is 49.3 Å². The van der Waals surface area contributed by atoms with Crippen LogP contribution in [0.3, 0.4) is 0 Å². The lowest BCUT2D eigenvalue weighted by molar-refractivity contribution is -0.142. The molecule has 17 heteroatoms. The smallest absolute Gasteiger partial charge is 0.408 e. The van der Waals surface area contributed by atoms with Gasteiger partial charge in [0.1, 0.15) is 35.6 Å². The number of hydrogen-bond acceptors (Lipinski definition) is 12. The van der Waals surface area contributed by atoms with E-state index in [9.17, 15) is 22.8 Å². The highest BCUT2D eigenvalue weighted by atomic mass is 32.2. The van der Waals surface area contributed by atoms with Crippen LogP contribution in [0.1, 0.15) is 91.9 Å². The monoisotopic (exact) mass is 912 g/mol. The largest absolute Gasteiger partial charge is 0.497 e. The van der Waals surface area contributed by atoms with E-state index in [2.05, 4.69) is 27.3 Å². The fourth-order valence-corrected chi connectivity index (χ4v) is 11.5. The highest BCUT2D eigenvalue weighted by molar-refractivity contribution is 7.91. The summed E-state index contributed by atoms with van der Waals surface area (Å²) in [6.07, 6.45) is 9.78. The number of carbonyl (C=O) groups excluding carboxylic acids is 4.